The Morgan fingerprint density at radius 3 is 2.16 bits per heavy atom. The molecule has 4 N–H and O–H groups in total. The molecule has 0 spiro atoms. The molecule has 0 aromatic carbocycles. The maximum absolute atomic E-state index is 11.4. The highest BCUT2D eigenvalue weighted by Crippen LogP contribution is 2.47. The Morgan fingerprint density at radius 1 is 1.05 bits per heavy atom. The van der Waals surface area contributed by atoms with Gasteiger partial charge in [0.05, 0.1) is 6.10 Å². The van der Waals surface area contributed by atoms with Crippen LogP contribution in [0.3, 0.4) is 0 Å². The monoisotopic (exact) mass is 268 g/mol. The Kier molecular flexibility index (Phi) is 4.13. The molecule has 110 valence electrons. The molecule has 3 atom stereocenters. The highest BCUT2D eigenvalue weighted by molar-refractivity contribution is 5.03. The number of rotatable bonds is 4. The van der Waals surface area contributed by atoms with Crippen molar-refractivity contribution in [2.45, 2.75) is 69.3 Å². The predicted molar refractivity (Wildman–Crippen MR) is 74.6 cm³/mol. The fourth-order valence-corrected chi connectivity index (χ4v) is 4.14. The van der Waals surface area contributed by atoms with Gasteiger partial charge in [-0.3, -0.25) is 5.32 Å². The van der Waals surface area contributed by atoms with Crippen molar-refractivity contribution < 1.29 is 9.84 Å². The summed E-state index contributed by atoms with van der Waals surface area (Å²) >= 11 is 0. The molecule has 1 heterocycles. The first-order valence-corrected chi connectivity index (χ1v) is 8.06. The van der Waals surface area contributed by atoms with Crippen LogP contribution in [-0.4, -0.2) is 36.1 Å². The summed E-state index contributed by atoms with van der Waals surface area (Å²) in [5.74, 6) is 0.824. The van der Waals surface area contributed by atoms with Crippen molar-refractivity contribution in [2.75, 3.05) is 13.1 Å². The molecule has 2 aliphatic carbocycles. The molecule has 3 fully saturated rings. The first-order valence-electron chi connectivity index (χ1n) is 8.06. The van der Waals surface area contributed by atoms with E-state index < -0.39 is 5.60 Å². The summed E-state index contributed by atoms with van der Waals surface area (Å²) in [4.78, 5) is 0. The van der Waals surface area contributed by atoms with Crippen molar-refractivity contribution in [3.8, 4) is 0 Å². The average Bonchev–Trinajstić information content (AvgIpc) is 2.87. The zero-order valence-electron chi connectivity index (χ0n) is 11.8. The Hall–Kier alpha value is -0.160. The summed E-state index contributed by atoms with van der Waals surface area (Å²) in [5.41, 5.74) is 5.03. The maximum Gasteiger partial charge on any atom is 0.138 e. The topological polar surface area (TPSA) is 67.5 Å². The van der Waals surface area contributed by atoms with Gasteiger partial charge in [0.2, 0.25) is 0 Å². The van der Waals surface area contributed by atoms with E-state index in [1.54, 1.807) is 0 Å². The second-order valence-electron chi connectivity index (χ2n) is 6.63. The zero-order chi connectivity index (χ0) is 13.3. The summed E-state index contributed by atoms with van der Waals surface area (Å²) in [6, 6.07) is 0. The van der Waals surface area contributed by atoms with E-state index >= 15 is 0 Å². The minimum Gasteiger partial charge on any atom is -0.385 e. The minimum absolute atomic E-state index is 0.0696. The third-order valence-electron chi connectivity index (χ3n) is 5.56. The van der Waals surface area contributed by atoms with Crippen molar-refractivity contribution in [3.63, 3.8) is 0 Å². The summed E-state index contributed by atoms with van der Waals surface area (Å²) in [7, 11) is 0. The molecule has 19 heavy (non-hydrogen) atoms. The lowest BCUT2D eigenvalue weighted by atomic mass is 9.63. The van der Waals surface area contributed by atoms with E-state index in [9.17, 15) is 5.11 Å². The number of hydrogen-bond donors (Lipinski definition) is 3. The van der Waals surface area contributed by atoms with Crippen molar-refractivity contribution in [2.24, 2.45) is 17.6 Å². The van der Waals surface area contributed by atoms with Gasteiger partial charge >= 0.3 is 0 Å². The molecule has 0 aromatic rings. The lowest BCUT2D eigenvalue weighted by Gasteiger charge is -2.50. The predicted octanol–water partition coefficient (Wildman–Crippen LogP) is 1.37. The molecular formula is C15H28N2O2. The Labute approximate surface area is 116 Å². The second-order valence-corrected chi connectivity index (χ2v) is 6.63. The van der Waals surface area contributed by atoms with E-state index in [-0.39, 0.29) is 12.3 Å². The number of ether oxygens (including phenoxy) is 1. The van der Waals surface area contributed by atoms with Gasteiger partial charge in [0.1, 0.15) is 11.8 Å². The molecule has 2 saturated carbocycles. The number of nitrogens with two attached hydrogens (primary N) is 1. The van der Waals surface area contributed by atoms with E-state index in [4.69, 9.17) is 10.5 Å². The normalized spacial score (nSPS) is 36.9. The Bertz CT molecular complexity index is 303. The molecule has 0 amide bonds. The van der Waals surface area contributed by atoms with Crippen LogP contribution in [0, 0.1) is 11.8 Å². The highest BCUT2D eigenvalue weighted by atomic mass is 16.5. The standard InChI is InChI=1S/C15H28N2O2/c16-9-13-10-17-14(19-13)15(18,12-7-4-8-12)11-5-2-1-3-6-11/h11-14,17-18H,1-10,16H2. The van der Waals surface area contributed by atoms with Crippen LogP contribution >= 0.6 is 0 Å². The third kappa shape index (κ3) is 2.44. The quantitative estimate of drug-likeness (QED) is 0.720. The van der Waals surface area contributed by atoms with Crippen molar-refractivity contribution in [3.05, 3.63) is 0 Å². The average molecular weight is 268 g/mol. The molecule has 0 aromatic heterocycles. The first-order chi connectivity index (χ1) is 9.25. The van der Waals surface area contributed by atoms with E-state index in [1.165, 1.54) is 25.7 Å². The Balaban J connectivity index is 1.75. The summed E-state index contributed by atoms with van der Waals surface area (Å²) < 4.78 is 6.00. The molecule has 3 rings (SSSR count). The highest BCUT2D eigenvalue weighted by Gasteiger charge is 2.53. The molecule has 4 nitrogen and oxygen atoms in total. The van der Waals surface area contributed by atoms with E-state index in [2.05, 4.69) is 5.32 Å². The van der Waals surface area contributed by atoms with Crippen LogP contribution < -0.4 is 11.1 Å². The molecule has 1 saturated heterocycles. The molecule has 0 radical (unpaired) electrons. The fraction of sp³-hybridized carbons (Fsp3) is 1.00. The van der Waals surface area contributed by atoms with Gasteiger partial charge in [-0.05, 0) is 37.5 Å². The van der Waals surface area contributed by atoms with Crippen molar-refractivity contribution in [1.29, 1.82) is 0 Å². The van der Waals surface area contributed by atoms with Gasteiger partial charge in [-0.25, -0.2) is 0 Å². The first kappa shape index (κ1) is 13.8. The molecule has 3 unspecified atom stereocenters. The SMILES string of the molecule is NCC1CNC(C(O)(C2CCCCC2)C2CCC2)O1. The smallest absolute Gasteiger partial charge is 0.138 e. The molecule has 1 aliphatic heterocycles. The minimum atomic E-state index is -0.664. The van der Waals surface area contributed by atoms with Gasteiger partial charge in [0.25, 0.3) is 0 Å². The van der Waals surface area contributed by atoms with Gasteiger partial charge in [0, 0.05) is 13.1 Å². The lowest BCUT2D eigenvalue weighted by molar-refractivity contribution is -0.192. The van der Waals surface area contributed by atoms with E-state index in [0.717, 1.165) is 32.2 Å². The number of hydrogen-bond acceptors (Lipinski definition) is 4. The lowest BCUT2D eigenvalue weighted by Crippen LogP contribution is -2.60. The third-order valence-corrected chi connectivity index (χ3v) is 5.56. The van der Waals surface area contributed by atoms with Crippen molar-refractivity contribution in [1.82, 2.24) is 5.32 Å². The summed E-state index contributed by atoms with van der Waals surface area (Å²) in [5, 5.41) is 14.8. The number of nitrogens with one attached hydrogen (secondary N) is 1. The van der Waals surface area contributed by atoms with Gasteiger partial charge in [-0.15, -0.1) is 0 Å². The van der Waals surface area contributed by atoms with Crippen LogP contribution in [0.15, 0.2) is 0 Å². The van der Waals surface area contributed by atoms with E-state index in [0.29, 0.717) is 18.4 Å². The Morgan fingerprint density at radius 2 is 1.68 bits per heavy atom. The van der Waals surface area contributed by atoms with Gasteiger partial charge in [0.15, 0.2) is 0 Å². The summed E-state index contributed by atoms with van der Waals surface area (Å²) in [6.45, 7) is 1.32. The van der Waals surface area contributed by atoms with Gasteiger partial charge in [-0.1, -0.05) is 25.7 Å². The summed E-state index contributed by atoms with van der Waals surface area (Å²) in [6.07, 6.45) is 9.58. The van der Waals surface area contributed by atoms with Crippen LogP contribution in [0.2, 0.25) is 0 Å². The van der Waals surface area contributed by atoms with Crippen LogP contribution in [0.5, 0.6) is 0 Å². The van der Waals surface area contributed by atoms with Crippen LogP contribution in [0.4, 0.5) is 0 Å². The maximum atomic E-state index is 11.4. The van der Waals surface area contributed by atoms with Gasteiger partial charge < -0.3 is 15.6 Å². The van der Waals surface area contributed by atoms with Gasteiger partial charge in [-0.2, -0.15) is 0 Å². The molecule has 4 heteroatoms. The van der Waals surface area contributed by atoms with Crippen LogP contribution in [-0.2, 0) is 4.74 Å². The second kappa shape index (κ2) is 5.68. The fourth-order valence-electron chi connectivity index (χ4n) is 4.14. The molecular weight excluding hydrogens is 240 g/mol. The molecule has 0 bridgehead atoms. The number of aliphatic hydroxyl groups is 1. The zero-order valence-corrected chi connectivity index (χ0v) is 11.8. The van der Waals surface area contributed by atoms with Crippen LogP contribution in [0.25, 0.3) is 0 Å². The van der Waals surface area contributed by atoms with Crippen molar-refractivity contribution >= 4 is 0 Å². The van der Waals surface area contributed by atoms with Crippen LogP contribution in [0.1, 0.15) is 51.4 Å². The van der Waals surface area contributed by atoms with E-state index in [1.807, 2.05) is 0 Å². The largest absolute Gasteiger partial charge is 0.385 e. The molecule has 3 aliphatic rings.